The Kier molecular flexibility index (Phi) is 6.95. The van der Waals surface area contributed by atoms with Crippen LogP contribution >= 0.6 is 0 Å². The number of hydrogen-bond donors (Lipinski definition) is 2. The monoisotopic (exact) mass is 434 g/mol. The fraction of sp³-hybridized carbons (Fsp3) is 0.481. The summed E-state index contributed by atoms with van der Waals surface area (Å²) in [5, 5.41) is 12.6. The Morgan fingerprint density at radius 1 is 1.06 bits per heavy atom. The molecule has 5 nitrogen and oxygen atoms in total. The Labute approximate surface area is 190 Å². The second-order valence-electron chi connectivity index (χ2n) is 9.55. The first-order valence-electron chi connectivity index (χ1n) is 11.9. The summed E-state index contributed by atoms with van der Waals surface area (Å²) in [7, 11) is 0. The van der Waals surface area contributed by atoms with Gasteiger partial charge in [-0.2, -0.15) is 0 Å². The maximum atomic E-state index is 13.8. The summed E-state index contributed by atoms with van der Waals surface area (Å²) in [6, 6.07) is 15.1. The van der Waals surface area contributed by atoms with E-state index in [0.717, 1.165) is 42.4 Å². The molecule has 0 saturated heterocycles. The van der Waals surface area contributed by atoms with Gasteiger partial charge in [-0.25, -0.2) is 0 Å². The lowest BCUT2D eigenvalue weighted by atomic mass is 9.77. The Morgan fingerprint density at radius 3 is 2.41 bits per heavy atom. The molecule has 2 amide bonds. The van der Waals surface area contributed by atoms with Crippen LogP contribution in [-0.4, -0.2) is 34.4 Å². The molecule has 1 heterocycles. The molecule has 1 aliphatic carbocycles. The largest absolute Gasteiger partial charge is 0.392 e. The standard InChI is InChI=1S/C27H34N2O3/c1-18(2)16-28-26(31)24-22-10-6-7-11-23(22)27(32)29(21-8-4-3-5-9-21)25(24)20-14-12-19(17-30)13-15-20/h6-7,10-15,18,21,24-25,30H,3-5,8-9,16-17H2,1-2H3,(H,28,31)/t24-,25+/m1/s1. The summed E-state index contributed by atoms with van der Waals surface area (Å²) in [5.41, 5.74) is 3.22. The molecule has 2 aliphatic rings. The van der Waals surface area contributed by atoms with Crippen molar-refractivity contribution in [2.45, 2.75) is 70.6 Å². The number of nitrogens with zero attached hydrogens (tertiary/aromatic N) is 1. The van der Waals surface area contributed by atoms with Gasteiger partial charge in [0.2, 0.25) is 5.91 Å². The van der Waals surface area contributed by atoms with Gasteiger partial charge in [0.1, 0.15) is 0 Å². The summed E-state index contributed by atoms with van der Waals surface area (Å²) in [4.78, 5) is 29.4. The number of aliphatic hydroxyl groups excluding tert-OH is 1. The van der Waals surface area contributed by atoms with Gasteiger partial charge in [-0.15, -0.1) is 0 Å². The highest BCUT2D eigenvalue weighted by molar-refractivity contribution is 6.01. The highest BCUT2D eigenvalue weighted by atomic mass is 16.3. The van der Waals surface area contributed by atoms with Crippen molar-refractivity contribution in [2.75, 3.05) is 6.54 Å². The minimum absolute atomic E-state index is 0.0247. The van der Waals surface area contributed by atoms with E-state index >= 15 is 0 Å². The molecule has 1 saturated carbocycles. The molecule has 1 aliphatic heterocycles. The zero-order chi connectivity index (χ0) is 22.7. The van der Waals surface area contributed by atoms with Crippen LogP contribution in [0.15, 0.2) is 48.5 Å². The first-order chi connectivity index (χ1) is 15.5. The SMILES string of the molecule is CC(C)CNC(=O)[C@@H]1c2ccccc2C(=O)N(C2CCCCC2)[C@H]1c1ccc(CO)cc1. The number of hydrogen-bond acceptors (Lipinski definition) is 3. The number of carbonyl (C=O) groups excluding carboxylic acids is 2. The van der Waals surface area contributed by atoms with Crippen molar-refractivity contribution in [3.8, 4) is 0 Å². The van der Waals surface area contributed by atoms with Crippen molar-refractivity contribution in [2.24, 2.45) is 5.92 Å². The van der Waals surface area contributed by atoms with Crippen molar-refractivity contribution >= 4 is 11.8 Å². The molecule has 2 aromatic carbocycles. The third-order valence-corrected chi connectivity index (χ3v) is 6.82. The number of benzene rings is 2. The molecule has 170 valence electrons. The topological polar surface area (TPSA) is 69.6 Å². The summed E-state index contributed by atoms with van der Waals surface area (Å²) >= 11 is 0. The normalized spacial score (nSPS) is 21.5. The molecule has 0 radical (unpaired) electrons. The average molecular weight is 435 g/mol. The molecule has 2 aromatic rings. The number of fused-ring (bicyclic) bond motifs is 1. The Hall–Kier alpha value is -2.66. The molecular formula is C27H34N2O3. The zero-order valence-electron chi connectivity index (χ0n) is 19.1. The van der Waals surface area contributed by atoms with Crippen LogP contribution in [0, 0.1) is 5.92 Å². The predicted molar refractivity (Wildman–Crippen MR) is 125 cm³/mol. The average Bonchev–Trinajstić information content (AvgIpc) is 2.83. The van der Waals surface area contributed by atoms with Crippen molar-refractivity contribution < 1.29 is 14.7 Å². The van der Waals surface area contributed by atoms with Crippen LogP contribution in [0.3, 0.4) is 0 Å². The van der Waals surface area contributed by atoms with Crippen LogP contribution in [0.5, 0.6) is 0 Å². The van der Waals surface area contributed by atoms with Crippen LogP contribution in [0.4, 0.5) is 0 Å². The van der Waals surface area contributed by atoms with Gasteiger partial charge in [-0.1, -0.05) is 75.6 Å². The number of aliphatic hydroxyl groups is 1. The van der Waals surface area contributed by atoms with Crippen molar-refractivity contribution in [3.05, 3.63) is 70.8 Å². The number of rotatable bonds is 6. The van der Waals surface area contributed by atoms with E-state index in [4.69, 9.17) is 0 Å². The lowest BCUT2D eigenvalue weighted by Crippen LogP contribution is -2.52. The van der Waals surface area contributed by atoms with Crippen LogP contribution < -0.4 is 5.32 Å². The molecule has 0 bridgehead atoms. The van der Waals surface area contributed by atoms with Gasteiger partial charge >= 0.3 is 0 Å². The quantitative estimate of drug-likeness (QED) is 0.700. The highest BCUT2D eigenvalue weighted by Crippen LogP contribution is 2.45. The van der Waals surface area contributed by atoms with E-state index in [1.165, 1.54) is 6.42 Å². The second kappa shape index (κ2) is 9.86. The number of carbonyl (C=O) groups is 2. The summed E-state index contributed by atoms with van der Waals surface area (Å²) < 4.78 is 0. The summed E-state index contributed by atoms with van der Waals surface area (Å²) in [5.74, 6) is -0.131. The molecular weight excluding hydrogens is 400 g/mol. The van der Waals surface area contributed by atoms with E-state index in [9.17, 15) is 14.7 Å². The third-order valence-electron chi connectivity index (χ3n) is 6.82. The molecule has 0 aromatic heterocycles. The van der Waals surface area contributed by atoms with Gasteiger partial charge < -0.3 is 15.3 Å². The Bertz CT molecular complexity index is 948. The van der Waals surface area contributed by atoms with Crippen molar-refractivity contribution in [3.63, 3.8) is 0 Å². The van der Waals surface area contributed by atoms with E-state index in [1.807, 2.05) is 53.4 Å². The first-order valence-corrected chi connectivity index (χ1v) is 11.9. The minimum atomic E-state index is -0.468. The summed E-state index contributed by atoms with van der Waals surface area (Å²) in [6.07, 6.45) is 5.36. The third kappa shape index (κ3) is 4.44. The van der Waals surface area contributed by atoms with Gasteiger partial charge in [-0.3, -0.25) is 9.59 Å². The minimum Gasteiger partial charge on any atom is -0.392 e. The smallest absolute Gasteiger partial charge is 0.254 e. The Balaban J connectivity index is 1.84. The van der Waals surface area contributed by atoms with E-state index in [1.54, 1.807) is 0 Å². The van der Waals surface area contributed by atoms with Crippen LogP contribution in [-0.2, 0) is 11.4 Å². The van der Waals surface area contributed by atoms with E-state index in [0.29, 0.717) is 18.0 Å². The predicted octanol–water partition coefficient (Wildman–Crippen LogP) is 4.56. The van der Waals surface area contributed by atoms with E-state index in [2.05, 4.69) is 19.2 Å². The molecule has 2 N–H and O–H groups in total. The fourth-order valence-corrected chi connectivity index (χ4v) is 5.18. The Morgan fingerprint density at radius 2 is 1.75 bits per heavy atom. The molecule has 32 heavy (non-hydrogen) atoms. The van der Waals surface area contributed by atoms with Gasteiger partial charge in [0.15, 0.2) is 0 Å². The molecule has 1 fully saturated rings. The van der Waals surface area contributed by atoms with Crippen LogP contribution in [0.25, 0.3) is 0 Å². The second-order valence-corrected chi connectivity index (χ2v) is 9.55. The molecule has 0 unspecified atom stereocenters. The van der Waals surface area contributed by atoms with Gasteiger partial charge in [-0.05, 0) is 41.5 Å². The van der Waals surface area contributed by atoms with E-state index in [-0.39, 0.29) is 30.5 Å². The molecule has 0 spiro atoms. The van der Waals surface area contributed by atoms with Crippen molar-refractivity contribution in [1.29, 1.82) is 0 Å². The van der Waals surface area contributed by atoms with Gasteiger partial charge in [0.25, 0.3) is 5.91 Å². The van der Waals surface area contributed by atoms with E-state index < -0.39 is 5.92 Å². The number of nitrogens with one attached hydrogen (secondary N) is 1. The lowest BCUT2D eigenvalue weighted by Gasteiger charge is -2.46. The fourth-order valence-electron chi connectivity index (χ4n) is 5.18. The van der Waals surface area contributed by atoms with Crippen LogP contribution in [0.1, 0.15) is 85.0 Å². The van der Waals surface area contributed by atoms with Crippen LogP contribution in [0.2, 0.25) is 0 Å². The zero-order valence-corrected chi connectivity index (χ0v) is 19.1. The first kappa shape index (κ1) is 22.5. The van der Waals surface area contributed by atoms with Crippen molar-refractivity contribution in [1.82, 2.24) is 10.2 Å². The molecule has 4 rings (SSSR count). The number of amides is 2. The summed E-state index contributed by atoms with van der Waals surface area (Å²) in [6.45, 7) is 4.73. The van der Waals surface area contributed by atoms with Gasteiger partial charge in [0, 0.05) is 18.2 Å². The maximum Gasteiger partial charge on any atom is 0.254 e. The molecule has 2 atom stereocenters. The maximum absolute atomic E-state index is 13.8. The lowest BCUT2D eigenvalue weighted by molar-refractivity contribution is -0.124. The van der Waals surface area contributed by atoms with Gasteiger partial charge in [0.05, 0.1) is 18.6 Å². The molecule has 5 heteroatoms. The highest BCUT2D eigenvalue weighted by Gasteiger charge is 2.46.